The summed E-state index contributed by atoms with van der Waals surface area (Å²) < 4.78 is 0. The van der Waals surface area contributed by atoms with Crippen LogP contribution in [0.3, 0.4) is 0 Å². The van der Waals surface area contributed by atoms with Gasteiger partial charge in [-0.25, -0.2) is 0 Å². The van der Waals surface area contributed by atoms with E-state index in [1.54, 1.807) is 11.1 Å². The molecule has 1 aromatic rings. The topological polar surface area (TPSA) is 0 Å². The molecular formula is C14H20. The van der Waals surface area contributed by atoms with Gasteiger partial charge in [0.25, 0.3) is 0 Å². The zero-order valence-electron chi connectivity index (χ0n) is 9.34. The molecule has 0 fully saturated rings. The fourth-order valence-corrected chi connectivity index (χ4v) is 2.78. The Labute approximate surface area is 87.3 Å². The van der Waals surface area contributed by atoms with E-state index in [0.29, 0.717) is 5.41 Å². The minimum absolute atomic E-state index is 0.573. The number of benzene rings is 1. The third-order valence-electron chi connectivity index (χ3n) is 3.59. The molecule has 0 radical (unpaired) electrons. The van der Waals surface area contributed by atoms with E-state index in [9.17, 15) is 0 Å². The van der Waals surface area contributed by atoms with E-state index in [0.717, 1.165) is 0 Å². The van der Waals surface area contributed by atoms with Gasteiger partial charge in [0.2, 0.25) is 0 Å². The molecule has 14 heavy (non-hydrogen) atoms. The highest BCUT2D eigenvalue weighted by atomic mass is 14.3. The molecule has 0 heterocycles. The van der Waals surface area contributed by atoms with Crippen molar-refractivity contribution in [1.29, 1.82) is 0 Å². The molecule has 1 unspecified atom stereocenters. The van der Waals surface area contributed by atoms with Crippen LogP contribution in [0.15, 0.2) is 24.3 Å². The zero-order chi connectivity index (χ0) is 10.0. The lowest BCUT2D eigenvalue weighted by atomic mass is 9.70. The molecule has 0 saturated heterocycles. The highest BCUT2D eigenvalue weighted by molar-refractivity contribution is 5.30. The maximum absolute atomic E-state index is 2.45. The summed E-state index contributed by atoms with van der Waals surface area (Å²) >= 11 is 0. The second-order valence-electron chi connectivity index (χ2n) is 5.01. The first kappa shape index (κ1) is 9.76. The van der Waals surface area contributed by atoms with E-state index in [-0.39, 0.29) is 0 Å². The minimum atomic E-state index is 0.573. The van der Waals surface area contributed by atoms with Crippen LogP contribution in [-0.2, 0) is 12.8 Å². The first-order chi connectivity index (χ1) is 6.73. The van der Waals surface area contributed by atoms with E-state index in [4.69, 9.17) is 0 Å². The summed E-state index contributed by atoms with van der Waals surface area (Å²) in [6, 6.07) is 8.95. The maximum Gasteiger partial charge on any atom is -0.0222 e. The lowest BCUT2D eigenvalue weighted by Crippen LogP contribution is -2.25. The summed E-state index contributed by atoms with van der Waals surface area (Å²) in [6.07, 6.45) is 6.64. The van der Waals surface area contributed by atoms with E-state index in [1.807, 2.05) is 0 Å². The van der Waals surface area contributed by atoms with Gasteiger partial charge in [0.15, 0.2) is 0 Å². The van der Waals surface area contributed by atoms with E-state index < -0.39 is 0 Å². The van der Waals surface area contributed by atoms with Crippen molar-refractivity contribution >= 4 is 0 Å². The second-order valence-corrected chi connectivity index (χ2v) is 5.01. The number of hydrogen-bond acceptors (Lipinski definition) is 0. The maximum atomic E-state index is 2.45. The smallest absolute Gasteiger partial charge is 0.0222 e. The summed E-state index contributed by atoms with van der Waals surface area (Å²) in [4.78, 5) is 0. The van der Waals surface area contributed by atoms with Crippen LogP contribution in [0.25, 0.3) is 0 Å². The van der Waals surface area contributed by atoms with Gasteiger partial charge in [-0.1, -0.05) is 44.5 Å². The molecule has 0 amide bonds. The van der Waals surface area contributed by atoms with E-state index in [2.05, 4.69) is 38.1 Å². The lowest BCUT2D eigenvalue weighted by Gasteiger charge is -2.34. The summed E-state index contributed by atoms with van der Waals surface area (Å²) in [7, 11) is 0. The second kappa shape index (κ2) is 3.76. The summed E-state index contributed by atoms with van der Waals surface area (Å²) in [6.45, 7) is 4.75. The average Bonchev–Trinajstić information content (AvgIpc) is 2.17. The van der Waals surface area contributed by atoms with Gasteiger partial charge in [-0.3, -0.25) is 0 Å². The van der Waals surface area contributed by atoms with Crippen molar-refractivity contribution in [3.63, 3.8) is 0 Å². The van der Waals surface area contributed by atoms with Crippen LogP contribution in [0.4, 0.5) is 0 Å². The van der Waals surface area contributed by atoms with Gasteiger partial charge in [-0.2, -0.15) is 0 Å². The lowest BCUT2D eigenvalue weighted by molar-refractivity contribution is 0.253. The molecule has 76 valence electrons. The van der Waals surface area contributed by atoms with E-state index in [1.165, 1.54) is 32.1 Å². The fraction of sp³-hybridized carbons (Fsp3) is 0.571. The molecule has 0 aliphatic heterocycles. The van der Waals surface area contributed by atoms with Crippen molar-refractivity contribution < 1.29 is 0 Å². The molecule has 1 aliphatic carbocycles. The van der Waals surface area contributed by atoms with Crippen molar-refractivity contribution in [2.24, 2.45) is 5.41 Å². The molecule has 0 aromatic heterocycles. The van der Waals surface area contributed by atoms with E-state index >= 15 is 0 Å². The minimum Gasteiger partial charge on any atom is -0.0654 e. The Balaban J connectivity index is 2.20. The Hall–Kier alpha value is -0.780. The molecule has 0 bridgehead atoms. The molecular weight excluding hydrogens is 168 g/mol. The van der Waals surface area contributed by atoms with Gasteiger partial charge in [0, 0.05) is 0 Å². The Morgan fingerprint density at radius 2 is 1.93 bits per heavy atom. The Bertz CT molecular complexity index is 314. The Morgan fingerprint density at radius 3 is 2.64 bits per heavy atom. The molecule has 0 heteroatoms. The van der Waals surface area contributed by atoms with Crippen LogP contribution in [-0.4, -0.2) is 0 Å². The number of hydrogen-bond donors (Lipinski definition) is 0. The van der Waals surface area contributed by atoms with Crippen LogP contribution in [0.1, 0.15) is 44.2 Å². The Morgan fingerprint density at radius 1 is 1.21 bits per heavy atom. The van der Waals surface area contributed by atoms with Crippen molar-refractivity contribution in [2.75, 3.05) is 0 Å². The van der Waals surface area contributed by atoms with Crippen molar-refractivity contribution in [1.82, 2.24) is 0 Å². The van der Waals surface area contributed by atoms with Crippen LogP contribution in [0.5, 0.6) is 0 Å². The normalized spacial score (nSPS) is 25.9. The van der Waals surface area contributed by atoms with Gasteiger partial charge in [0.05, 0.1) is 0 Å². The molecule has 0 saturated carbocycles. The Kier molecular flexibility index (Phi) is 2.62. The predicted molar refractivity (Wildman–Crippen MR) is 61.5 cm³/mol. The van der Waals surface area contributed by atoms with Crippen molar-refractivity contribution in [2.45, 2.75) is 46.0 Å². The van der Waals surface area contributed by atoms with Gasteiger partial charge < -0.3 is 0 Å². The van der Waals surface area contributed by atoms with Gasteiger partial charge in [-0.05, 0) is 42.2 Å². The first-order valence-corrected chi connectivity index (χ1v) is 5.80. The monoisotopic (exact) mass is 188 g/mol. The molecule has 2 rings (SSSR count). The van der Waals surface area contributed by atoms with Crippen molar-refractivity contribution in [3.8, 4) is 0 Å². The first-order valence-electron chi connectivity index (χ1n) is 5.80. The molecule has 1 aromatic carbocycles. The number of fused-ring (bicyclic) bond motifs is 1. The van der Waals surface area contributed by atoms with Crippen LogP contribution >= 0.6 is 0 Å². The number of aryl methyl sites for hydroxylation is 1. The third kappa shape index (κ3) is 1.84. The van der Waals surface area contributed by atoms with Crippen molar-refractivity contribution in [3.05, 3.63) is 35.4 Å². The summed E-state index contributed by atoms with van der Waals surface area (Å²) in [5.41, 5.74) is 3.75. The third-order valence-corrected chi connectivity index (χ3v) is 3.59. The fourth-order valence-electron chi connectivity index (χ4n) is 2.78. The highest BCUT2D eigenvalue weighted by Crippen LogP contribution is 2.38. The molecule has 0 nitrogen and oxygen atoms in total. The summed E-state index contributed by atoms with van der Waals surface area (Å²) in [5, 5.41) is 0. The average molecular weight is 188 g/mol. The van der Waals surface area contributed by atoms with Crippen LogP contribution < -0.4 is 0 Å². The SMILES string of the molecule is CCCC1(C)CCc2ccccc2C1. The molecule has 1 aliphatic rings. The molecule has 1 atom stereocenters. The van der Waals surface area contributed by atoms with Crippen LogP contribution in [0.2, 0.25) is 0 Å². The highest BCUT2D eigenvalue weighted by Gasteiger charge is 2.28. The largest absolute Gasteiger partial charge is 0.0654 e. The molecule has 0 N–H and O–H groups in total. The van der Waals surface area contributed by atoms with Gasteiger partial charge in [0.1, 0.15) is 0 Å². The predicted octanol–water partition coefficient (Wildman–Crippen LogP) is 3.98. The number of rotatable bonds is 2. The van der Waals surface area contributed by atoms with Gasteiger partial charge in [-0.15, -0.1) is 0 Å². The van der Waals surface area contributed by atoms with Gasteiger partial charge >= 0.3 is 0 Å². The van der Waals surface area contributed by atoms with Crippen LogP contribution in [0, 0.1) is 5.41 Å². The standard InChI is InChI=1S/C14H20/c1-3-9-14(2)10-8-12-6-4-5-7-13(12)11-14/h4-7H,3,8-11H2,1-2H3. The molecule has 0 spiro atoms. The zero-order valence-corrected chi connectivity index (χ0v) is 9.34. The quantitative estimate of drug-likeness (QED) is 0.658. The summed E-state index contributed by atoms with van der Waals surface area (Å²) in [5.74, 6) is 0.